The molecule has 0 aromatic rings. The second-order valence-corrected chi connectivity index (χ2v) is 5.95. The summed E-state index contributed by atoms with van der Waals surface area (Å²) in [6, 6.07) is -0.562. The molecule has 0 unspecified atom stereocenters. The van der Waals surface area contributed by atoms with Gasteiger partial charge in [0.15, 0.2) is 5.03 Å². The first-order valence-electron chi connectivity index (χ1n) is 8.66. The van der Waals surface area contributed by atoms with Crippen molar-refractivity contribution in [3.8, 4) is 0 Å². The van der Waals surface area contributed by atoms with Gasteiger partial charge in [-0.1, -0.05) is 12.3 Å². The van der Waals surface area contributed by atoms with Gasteiger partial charge < -0.3 is 26.4 Å². The highest BCUT2D eigenvalue weighted by atomic mass is 19.4. The second kappa shape index (κ2) is 12.7. The van der Waals surface area contributed by atoms with Gasteiger partial charge in [0.05, 0.1) is 6.04 Å². The third-order valence-corrected chi connectivity index (χ3v) is 3.85. The number of carbonyl (C=O) groups excluding carboxylic acids is 1. The summed E-state index contributed by atoms with van der Waals surface area (Å²) >= 11 is 0. The van der Waals surface area contributed by atoms with Gasteiger partial charge in [-0.05, 0) is 19.4 Å². The number of guanidine groups is 1. The monoisotopic (exact) mass is 429 g/mol. The summed E-state index contributed by atoms with van der Waals surface area (Å²) in [6.07, 6.45) is -4.07. The Morgan fingerprint density at radius 1 is 1.31 bits per heavy atom. The number of alkyl halides is 3. The Kier molecular flexibility index (Phi) is 11.5. The lowest BCUT2D eigenvalue weighted by molar-refractivity contribution is -0.525. The molecule has 29 heavy (non-hydrogen) atoms. The van der Waals surface area contributed by atoms with Crippen molar-refractivity contribution in [2.24, 2.45) is 16.5 Å². The number of piperazine rings is 1. The zero-order chi connectivity index (χ0) is 22.6. The summed E-state index contributed by atoms with van der Waals surface area (Å²) in [5.74, 6) is -3.05. The fourth-order valence-electron chi connectivity index (χ4n) is 2.28. The molecule has 1 aliphatic heterocycles. The molecule has 1 atom stereocenters. The topological polar surface area (TPSA) is 180 Å². The van der Waals surface area contributed by atoms with Crippen LogP contribution in [0.4, 0.5) is 13.2 Å². The van der Waals surface area contributed by atoms with E-state index < -0.39 is 23.2 Å². The predicted octanol–water partition coefficient (Wildman–Crippen LogP) is -1.01. The van der Waals surface area contributed by atoms with Crippen LogP contribution in [0.5, 0.6) is 0 Å². The minimum Gasteiger partial charge on any atom is -0.475 e. The molecule has 1 aliphatic rings. The minimum atomic E-state index is -5.08. The molecule has 0 radical (unpaired) electrons. The number of likely N-dealkylation sites (N-methyl/N-ethyl adjacent to an activating group) is 1. The molecule has 0 aromatic carbocycles. The van der Waals surface area contributed by atoms with E-state index >= 15 is 0 Å². The van der Waals surface area contributed by atoms with Crippen LogP contribution in [0.25, 0.3) is 0 Å². The molecule has 0 aromatic heterocycles. The Labute approximate surface area is 164 Å². The molecule has 0 aliphatic carbocycles. The highest BCUT2D eigenvalue weighted by Gasteiger charge is 2.38. The Balaban J connectivity index is 0.000000956. The molecule has 0 spiro atoms. The van der Waals surface area contributed by atoms with Gasteiger partial charge in [0, 0.05) is 32.7 Å². The van der Waals surface area contributed by atoms with Crippen molar-refractivity contribution in [2.45, 2.75) is 32.0 Å². The molecule has 1 rings (SSSR count). The number of rotatable bonds is 7. The van der Waals surface area contributed by atoms with Gasteiger partial charge in [0.25, 0.3) is 5.96 Å². The molecule has 1 amide bonds. The number of nitrogens with two attached hydrogens (primary N) is 2. The molecule has 1 saturated heterocycles. The number of nitrogens with one attached hydrogen (secondary N) is 1. The van der Waals surface area contributed by atoms with E-state index in [2.05, 4.69) is 16.8 Å². The maximum absolute atomic E-state index is 12.2. The number of aliphatic imine (C=N–C) groups is 1. The number of aliphatic carboxylic acids is 1. The van der Waals surface area contributed by atoms with Gasteiger partial charge in [-0.25, -0.2) is 19.9 Å². The SMILES string of the molecule is CCN1CCN(C(=O)[C@@H](N)CCCN=C(N)N[N+](=O)[O-])CC1.O=C(O)C(F)(F)F. The molecule has 15 heteroatoms. The molecule has 1 fully saturated rings. The summed E-state index contributed by atoms with van der Waals surface area (Å²) in [5.41, 5.74) is 12.9. The van der Waals surface area contributed by atoms with E-state index in [1.165, 1.54) is 0 Å². The quantitative estimate of drug-likeness (QED) is 0.130. The minimum absolute atomic E-state index is 0.0453. The first-order valence-corrected chi connectivity index (χ1v) is 8.66. The molecule has 168 valence electrons. The van der Waals surface area contributed by atoms with Crippen LogP contribution < -0.4 is 16.9 Å². The average molecular weight is 429 g/mol. The van der Waals surface area contributed by atoms with Gasteiger partial charge in [0.2, 0.25) is 5.91 Å². The van der Waals surface area contributed by atoms with Crippen molar-refractivity contribution in [2.75, 3.05) is 39.3 Å². The van der Waals surface area contributed by atoms with Crippen LogP contribution in [-0.4, -0.2) is 89.3 Å². The van der Waals surface area contributed by atoms with Crippen LogP contribution in [-0.2, 0) is 9.59 Å². The van der Waals surface area contributed by atoms with Crippen molar-refractivity contribution in [1.29, 1.82) is 0 Å². The molecular weight excluding hydrogens is 403 g/mol. The Hall–Kier alpha value is -2.68. The van der Waals surface area contributed by atoms with Crippen LogP contribution in [0.3, 0.4) is 0 Å². The van der Waals surface area contributed by atoms with E-state index in [0.717, 1.165) is 19.6 Å². The number of amides is 1. The van der Waals surface area contributed by atoms with Gasteiger partial charge in [-0.3, -0.25) is 4.79 Å². The Morgan fingerprint density at radius 2 is 1.83 bits per heavy atom. The molecule has 0 saturated carbocycles. The normalized spacial score (nSPS) is 16.4. The predicted molar refractivity (Wildman–Crippen MR) is 96.2 cm³/mol. The molecule has 0 bridgehead atoms. The van der Waals surface area contributed by atoms with Crippen molar-refractivity contribution in [1.82, 2.24) is 15.2 Å². The van der Waals surface area contributed by atoms with E-state index in [-0.39, 0.29) is 18.4 Å². The summed E-state index contributed by atoms with van der Waals surface area (Å²) in [4.78, 5) is 39.1. The summed E-state index contributed by atoms with van der Waals surface area (Å²) in [7, 11) is 0. The number of hydrogen-bond donors (Lipinski definition) is 4. The molecule has 12 nitrogen and oxygen atoms in total. The first kappa shape index (κ1) is 26.3. The maximum atomic E-state index is 12.2. The van der Waals surface area contributed by atoms with Crippen LogP contribution in [0.2, 0.25) is 0 Å². The number of nitro groups is 1. The van der Waals surface area contributed by atoms with E-state index in [1.807, 2.05) is 0 Å². The Morgan fingerprint density at radius 3 is 2.24 bits per heavy atom. The van der Waals surface area contributed by atoms with Gasteiger partial charge in [0.1, 0.15) is 0 Å². The summed E-state index contributed by atoms with van der Waals surface area (Å²) in [5, 5.41) is 16.5. The maximum Gasteiger partial charge on any atom is 0.490 e. The zero-order valence-electron chi connectivity index (χ0n) is 15.9. The highest BCUT2D eigenvalue weighted by Crippen LogP contribution is 2.13. The van der Waals surface area contributed by atoms with Gasteiger partial charge in [-0.2, -0.15) is 13.2 Å². The number of hydrazine groups is 1. The van der Waals surface area contributed by atoms with Crippen molar-refractivity contribution >= 4 is 17.8 Å². The number of carboxylic acids is 1. The van der Waals surface area contributed by atoms with Crippen molar-refractivity contribution < 1.29 is 32.9 Å². The van der Waals surface area contributed by atoms with E-state index in [4.69, 9.17) is 21.4 Å². The third kappa shape index (κ3) is 11.7. The molecular formula is C14H26F3N7O5. The third-order valence-electron chi connectivity index (χ3n) is 3.85. The fraction of sp³-hybridized carbons (Fsp3) is 0.786. The smallest absolute Gasteiger partial charge is 0.475 e. The van der Waals surface area contributed by atoms with E-state index in [1.54, 1.807) is 10.3 Å². The lowest BCUT2D eigenvalue weighted by Gasteiger charge is -2.35. The van der Waals surface area contributed by atoms with Crippen LogP contribution >= 0.6 is 0 Å². The largest absolute Gasteiger partial charge is 0.490 e. The summed E-state index contributed by atoms with van der Waals surface area (Å²) in [6.45, 7) is 6.55. The molecule has 6 N–H and O–H groups in total. The average Bonchev–Trinajstić information content (AvgIpc) is 2.63. The lowest BCUT2D eigenvalue weighted by Crippen LogP contribution is -2.53. The van der Waals surface area contributed by atoms with Crippen LogP contribution in [0.15, 0.2) is 4.99 Å². The van der Waals surface area contributed by atoms with Crippen molar-refractivity contribution in [3.63, 3.8) is 0 Å². The number of hydrogen-bond acceptors (Lipinski definition) is 7. The van der Waals surface area contributed by atoms with Crippen LogP contribution in [0.1, 0.15) is 19.8 Å². The van der Waals surface area contributed by atoms with Gasteiger partial charge >= 0.3 is 12.1 Å². The number of carboxylic acid groups (broad SMARTS) is 1. The van der Waals surface area contributed by atoms with E-state index in [0.29, 0.717) is 25.9 Å². The highest BCUT2D eigenvalue weighted by molar-refractivity contribution is 5.81. The number of nitrogens with zero attached hydrogens (tertiary/aromatic N) is 4. The summed E-state index contributed by atoms with van der Waals surface area (Å²) < 4.78 is 31.7. The van der Waals surface area contributed by atoms with Crippen molar-refractivity contribution in [3.05, 3.63) is 10.1 Å². The molecule has 1 heterocycles. The zero-order valence-corrected chi connectivity index (χ0v) is 15.9. The standard InChI is InChI=1S/C12H25N7O3.C2HF3O2/c1-2-17-6-8-18(9-7-17)11(20)10(13)4-3-5-15-12(14)16-19(21)22;3-2(4,5)1(6)7/h10H,2-9,13H2,1H3,(H3,14,15,16);(H,6,7)/t10-;/m0./s1. The lowest BCUT2D eigenvalue weighted by atomic mass is 10.1. The first-order chi connectivity index (χ1) is 13.4. The van der Waals surface area contributed by atoms with E-state index in [9.17, 15) is 28.1 Å². The number of carbonyl (C=O) groups is 2. The number of halogens is 3. The second-order valence-electron chi connectivity index (χ2n) is 5.95. The fourth-order valence-corrected chi connectivity index (χ4v) is 2.28. The van der Waals surface area contributed by atoms with Crippen LogP contribution in [0, 0.1) is 10.1 Å². The van der Waals surface area contributed by atoms with Gasteiger partial charge in [-0.15, -0.1) is 0 Å². The Bertz CT molecular complexity index is 580.